The van der Waals surface area contributed by atoms with Gasteiger partial charge in [0.25, 0.3) is 0 Å². The van der Waals surface area contributed by atoms with E-state index in [1.54, 1.807) is 13.1 Å². The molecule has 1 aromatic carbocycles. The minimum Gasteiger partial charge on any atom is -0.464 e. The van der Waals surface area contributed by atoms with E-state index in [0.717, 1.165) is 4.47 Å². The van der Waals surface area contributed by atoms with Crippen molar-refractivity contribution in [2.75, 3.05) is 14.2 Å². The summed E-state index contributed by atoms with van der Waals surface area (Å²) in [7, 11) is 2.95. The van der Waals surface area contributed by atoms with Crippen molar-refractivity contribution in [3.63, 3.8) is 0 Å². The molecule has 4 nitrogen and oxygen atoms in total. The van der Waals surface area contributed by atoms with Gasteiger partial charge in [-0.3, -0.25) is 0 Å². The van der Waals surface area contributed by atoms with Gasteiger partial charge in [0, 0.05) is 17.1 Å². The molecule has 0 atom stereocenters. The number of ether oxygens (including phenoxy) is 1. The Labute approximate surface area is 96.4 Å². The zero-order valence-corrected chi connectivity index (χ0v) is 10.0. The Morgan fingerprint density at radius 2 is 2.13 bits per heavy atom. The molecule has 0 fully saturated rings. The number of carbonyl (C=O) groups is 1. The maximum atomic E-state index is 11.4. The van der Waals surface area contributed by atoms with Gasteiger partial charge in [-0.25, -0.2) is 4.79 Å². The largest absolute Gasteiger partial charge is 0.464 e. The molecule has 5 heteroatoms. The van der Waals surface area contributed by atoms with Crippen LogP contribution in [0, 0.1) is 0 Å². The van der Waals surface area contributed by atoms with Crippen molar-refractivity contribution in [2.45, 2.75) is 0 Å². The van der Waals surface area contributed by atoms with Crippen molar-refractivity contribution < 1.29 is 9.53 Å². The molecule has 80 valence electrons. The highest BCUT2D eigenvalue weighted by molar-refractivity contribution is 9.10. The van der Waals surface area contributed by atoms with Gasteiger partial charge in [0.15, 0.2) is 5.71 Å². The van der Waals surface area contributed by atoms with Gasteiger partial charge in [-0.15, -0.1) is 0 Å². The van der Waals surface area contributed by atoms with Crippen molar-refractivity contribution in [3.05, 3.63) is 34.3 Å². The van der Waals surface area contributed by atoms with Crippen molar-refractivity contribution in [1.29, 1.82) is 0 Å². The number of methoxy groups -OCH3 is 1. The van der Waals surface area contributed by atoms with E-state index in [9.17, 15) is 4.79 Å². The number of hydrazone groups is 1. The summed E-state index contributed by atoms with van der Waals surface area (Å²) in [6.07, 6.45) is 0. The lowest BCUT2D eigenvalue weighted by atomic mass is 10.1. The first-order chi connectivity index (χ1) is 7.20. The highest BCUT2D eigenvalue weighted by Gasteiger charge is 2.16. The Morgan fingerprint density at radius 1 is 1.47 bits per heavy atom. The van der Waals surface area contributed by atoms with Gasteiger partial charge in [0.2, 0.25) is 0 Å². The van der Waals surface area contributed by atoms with Gasteiger partial charge < -0.3 is 10.2 Å². The first kappa shape index (κ1) is 11.7. The number of nitrogens with one attached hydrogen (secondary N) is 1. The number of nitrogens with zero attached hydrogens (tertiary/aromatic N) is 1. The molecule has 0 bridgehead atoms. The normalized spacial score (nSPS) is 11.0. The molecule has 0 saturated heterocycles. The lowest BCUT2D eigenvalue weighted by Crippen LogP contribution is -2.20. The number of carbonyl (C=O) groups excluding carboxylic acids is 1. The molecule has 0 saturated carbocycles. The van der Waals surface area contributed by atoms with Crippen molar-refractivity contribution >= 4 is 27.6 Å². The molecule has 0 heterocycles. The van der Waals surface area contributed by atoms with E-state index in [1.165, 1.54) is 7.11 Å². The molecule has 0 aliphatic carbocycles. The summed E-state index contributed by atoms with van der Waals surface area (Å²) in [6, 6.07) is 7.32. The lowest BCUT2D eigenvalue weighted by molar-refractivity contribution is -0.132. The topological polar surface area (TPSA) is 50.7 Å². The molecule has 0 aliphatic rings. The van der Waals surface area contributed by atoms with Crippen molar-refractivity contribution in [1.82, 2.24) is 5.43 Å². The summed E-state index contributed by atoms with van der Waals surface area (Å²) in [5.74, 6) is -0.476. The Morgan fingerprint density at radius 3 is 2.67 bits per heavy atom. The Hall–Kier alpha value is -1.36. The van der Waals surface area contributed by atoms with Crippen LogP contribution in [0.2, 0.25) is 0 Å². The standard InChI is InChI=1S/C10H11BrN2O2/c1-12-13-9(10(14)15-2)7-5-3-4-6-8(7)11/h3-6,12H,1-2H3/b13-9-. The molecule has 0 aliphatic heterocycles. The predicted octanol–water partition coefficient (Wildman–Crippen LogP) is 1.55. The van der Waals surface area contributed by atoms with E-state index >= 15 is 0 Å². The van der Waals surface area contributed by atoms with Crippen LogP contribution in [0.4, 0.5) is 0 Å². The number of rotatable bonds is 3. The fourth-order valence-corrected chi connectivity index (χ4v) is 1.55. The summed E-state index contributed by atoms with van der Waals surface area (Å²) in [6.45, 7) is 0. The summed E-state index contributed by atoms with van der Waals surface area (Å²) >= 11 is 3.35. The summed E-state index contributed by atoms with van der Waals surface area (Å²) in [5.41, 5.74) is 3.51. The molecule has 0 aromatic heterocycles. The zero-order valence-electron chi connectivity index (χ0n) is 8.45. The van der Waals surface area contributed by atoms with E-state index in [1.807, 2.05) is 18.2 Å². The van der Waals surface area contributed by atoms with Gasteiger partial charge in [-0.1, -0.05) is 34.1 Å². The molecule has 1 aromatic rings. The van der Waals surface area contributed by atoms with Crippen LogP contribution in [-0.2, 0) is 9.53 Å². The molecule has 1 N–H and O–H groups in total. The van der Waals surface area contributed by atoms with Crippen LogP contribution in [0.25, 0.3) is 0 Å². The second-order valence-corrected chi connectivity index (χ2v) is 3.51. The Kier molecular flexibility index (Phi) is 4.30. The van der Waals surface area contributed by atoms with Crippen LogP contribution in [0.1, 0.15) is 5.56 Å². The van der Waals surface area contributed by atoms with Crippen LogP contribution in [-0.4, -0.2) is 25.8 Å². The third kappa shape index (κ3) is 2.79. The maximum Gasteiger partial charge on any atom is 0.359 e. The fraction of sp³-hybridized carbons (Fsp3) is 0.200. The van der Waals surface area contributed by atoms with Crippen molar-refractivity contribution in [3.8, 4) is 0 Å². The number of hydrogen-bond donors (Lipinski definition) is 1. The molecule has 0 amide bonds. The first-order valence-corrected chi connectivity index (χ1v) is 5.07. The maximum absolute atomic E-state index is 11.4. The number of hydrogen-bond acceptors (Lipinski definition) is 4. The first-order valence-electron chi connectivity index (χ1n) is 4.28. The number of benzene rings is 1. The number of esters is 1. The SMILES string of the molecule is CN/N=C(\C(=O)OC)c1ccccc1Br. The van der Waals surface area contributed by atoms with Gasteiger partial charge in [0.05, 0.1) is 7.11 Å². The summed E-state index contributed by atoms with van der Waals surface area (Å²) in [5, 5.41) is 3.89. The second kappa shape index (κ2) is 5.50. The zero-order chi connectivity index (χ0) is 11.3. The van der Waals surface area contributed by atoms with E-state index in [4.69, 9.17) is 0 Å². The van der Waals surface area contributed by atoms with E-state index < -0.39 is 5.97 Å². The summed E-state index contributed by atoms with van der Waals surface area (Å²) < 4.78 is 5.44. The van der Waals surface area contributed by atoms with E-state index in [0.29, 0.717) is 5.56 Å². The average molecular weight is 271 g/mol. The van der Waals surface area contributed by atoms with Crippen LogP contribution in [0.15, 0.2) is 33.8 Å². The smallest absolute Gasteiger partial charge is 0.359 e. The summed E-state index contributed by atoms with van der Waals surface area (Å²) in [4.78, 5) is 11.4. The highest BCUT2D eigenvalue weighted by atomic mass is 79.9. The quantitative estimate of drug-likeness (QED) is 0.515. The second-order valence-electron chi connectivity index (χ2n) is 2.66. The fourth-order valence-electron chi connectivity index (χ4n) is 1.08. The Bertz CT molecular complexity index is 391. The Balaban J connectivity index is 3.17. The minimum atomic E-state index is -0.476. The van der Waals surface area contributed by atoms with Crippen LogP contribution in [0.3, 0.4) is 0 Å². The molecular weight excluding hydrogens is 260 g/mol. The minimum absolute atomic E-state index is 0.243. The third-order valence-electron chi connectivity index (χ3n) is 1.73. The van der Waals surface area contributed by atoms with Crippen LogP contribution < -0.4 is 5.43 Å². The molecular formula is C10H11BrN2O2. The van der Waals surface area contributed by atoms with Crippen molar-refractivity contribution in [2.24, 2.45) is 5.10 Å². The molecule has 0 radical (unpaired) electrons. The van der Waals surface area contributed by atoms with Crippen LogP contribution >= 0.6 is 15.9 Å². The average Bonchev–Trinajstić information content (AvgIpc) is 2.26. The van der Waals surface area contributed by atoms with Gasteiger partial charge >= 0.3 is 5.97 Å². The third-order valence-corrected chi connectivity index (χ3v) is 2.42. The van der Waals surface area contributed by atoms with E-state index in [2.05, 4.69) is 31.2 Å². The monoisotopic (exact) mass is 270 g/mol. The molecule has 0 unspecified atom stereocenters. The molecule has 1 rings (SSSR count). The highest BCUT2D eigenvalue weighted by Crippen LogP contribution is 2.17. The van der Waals surface area contributed by atoms with Gasteiger partial charge in [-0.05, 0) is 6.07 Å². The number of halogens is 1. The molecule has 0 spiro atoms. The molecule has 15 heavy (non-hydrogen) atoms. The predicted molar refractivity (Wildman–Crippen MR) is 61.8 cm³/mol. The van der Waals surface area contributed by atoms with Gasteiger partial charge in [-0.2, -0.15) is 5.10 Å². The van der Waals surface area contributed by atoms with E-state index in [-0.39, 0.29) is 5.71 Å². The van der Waals surface area contributed by atoms with Gasteiger partial charge in [0.1, 0.15) is 0 Å². The lowest BCUT2D eigenvalue weighted by Gasteiger charge is -2.06. The van der Waals surface area contributed by atoms with Crippen LogP contribution in [0.5, 0.6) is 0 Å².